The molecule has 3 rings (SSSR count). The van der Waals surface area contributed by atoms with Gasteiger partial charge in [0.05, 0.1) is 0 Å². The predicted molar refractivity (Wildman–Crippen MR) is 83.3 cm³/mol. The van der Waals surface area contributed by atoms with Gasteiger partial charge in [0.25, 0.3) is 0 Å². The van der Waals surface area contributed by atoms with Crippen LogP contribution in [0.2, 0.25) is 0 Å². The summed E-state index contributed by atoms with van der Waals surface area (Å²) in [7, 11) is 0. The van der Waals surface area contributed by atoms with Crippen molar-refractivity contribution in [3.8, 4) is 0 Å². The molecule has 1 aliphatic heterocycles. The molecule has 0 aromatic heterocycles. The van der Waals surface area contributed by atoms with E-state index in [0.29, 0.717) is 30.5 Å². The molecule has 4 unspecified atom stereocenters. The number of carboxylic acid groups (broad SMARTS) is 1. The first kappa shape index (κ1) is 15.3. The molecule has 4 atom stereocenters. The molecule has 2 aliphatic carbocycles. The number of carboxylic acids is 1. The van der Waals surface area contributed by atoms with Crippen molar-refractivity contribution in [1.82, 2.24) is 10.2 Å². The van der Waals surface area contributed by atoms with Gasteiger partial charge in [0.15, 0.2) is 0 Å². The third kappa shape index (κ3) is 3.78. The van der Waals surface area contributed by atoms with Gasteiger partial charge in [0.2, 0.25) is 0 Å². The summed E-state index contributed by atoms with van der Waals surface area (Å²) < 4.78 is 0. The fraction of sp³-hybridized carbons (Fsp3) is 0.941. The van der Waals surface area contributed by atoms with Gasteiger partial charge in [-0.2, -0.15) is 0 Å². The van der Waals surface area contributed by atoms with E-state index in [1.165, 1.54) is 38.5 Å². The molecule has 4 heteroatoms. The Morgan fingerprint density at radius 1 is 1.14 bits per heavy atom. The van der Waals surface area contributed by atoms with Crippen molar-refractivity contribution in [2.24, 2.45) is 11.8 Å². The third-order valence-electron chi connectivity index (χ3n) is 5.90. The van der Waals surface area contributed by atoms with E-state index in [1.54, 1.807) is 0 Å². The highest BCUT2D eigenvalue weighted by Crippen LogP contribution is 2.35. The smallest absolute Gasteiger partial charge is 0.303 e. The molecule has 0 radical (unpaired) electrons. The van der Waals surface area contributed by atoms with Gasteiger partial charge >= 0.3 is 5.97 Å². The van der Waals surface area contributed by atoms with Crippen LogP contribution in [-0.2, 0) is 4.79 Å². The summed E-state index contributed by atoms with van der Waals surface area (Å²) in [5.74, 6) is 0.479. The minimum absolute atomic E-state index is 0.322. The molecular formula is C17H30N2O2. The highest BCUT2D eigenvalue weighted by Gasteiger charge is 2.38. The van der Waals surface area contributed by atoms with Crippen LogP contribution in [0.5, 0.6) is 0 Å². The van der Waals surface area contributed by atoms with E-state index in [4.69, 9.17) is 5.11 Å². The minimum atomic E-state index is -0.636. The van der Waals surface area contributed by atoms with Crippen LogP contribution in [-0.4, -0.2) is 47.2 Å². The van der Waals surface area contributed by atoms with E-state index in [1.807, 2.05) is 0 Å². The zero-order valence-electron chi connectivity index (χ0n) is 13.3. The molecular weight excluding hydrogens is 264 g/mol. The van der Waals surface area contributed by atoms with Gasteiger partial charge in [-0.25, -0.2) is 0 Å². The number of hydrogen-bond donors (Lipinski definition) is 2. The van der Waals surface area contributed by atoms with Crippen molar-refractivity contribution in [2.45, 2.75) is 76.4 Å². The van der Waals surface area contributed by atoms with Crippen molar-refractivity contribution in [2.75, 3.05) is 13.1 Å². The topological polar surface area (TPSA) is 52.6 Å². The summed E-state index contributed by atoms with van der Waals surface area (Å²) in [6.45, 7) is 4.46. The van der Waals surface area contributed by atoms with Crippen LogP contribution in [0.15, 0.2) is 0 Å². The average Bonchev–Trinajstić information content (AvgIpc) is 2.88. The summed E-state index contributed by atoms with van der Waals surface area (Å²) >= 11 is 0. The highest BCUT2D eigenvalue weighted by molar-refractivity contribution is 5.67. The van der Waals surface area contributed by atoms with Crippen molar-refractivity contribution in [3.05, 3.63) is 0 Å². The van der Waals surface area contributed by atoms with Gasteiger partial charge in [-0.3, -0.25) is 9.69 Å². The number of nitrogens with zero attached hydrogens (tertiary/aromatic N) is 1. The molecule has 1 heterocycles. The standard InChI is InChI=1S/C17H30N2O2/c1-12-6-7-16(12)19-10-13(9-17(20)21)8-15(11-19)18-14-4-2-3-5-14/h12-16,18H,2-11H2,1H3,(H,20,21). The Morgan fingerprint density at radius 2 is 1.90 bits per heavy atom. The normalized spacial score (nSPS) is 38.3. The molecule has 1 saturated heterocycles. The van der Waals surface area contributed by atoms with Gasteiger partial charge in [-0.15, -0.1) is 0 Å². The maximum Gasteiger partial charge on any atom is 0.303 e. The Balaban J connectivity index is 1.60. The van der Waals surface area contributed by atoms with Gasteiger partial charge in [-0.1, -0.05) is 19.8 Å². The van der Waals surface area contributed by atoms with E-state index in [-0.39, 0.29) is 0 Å². The lowest BCUT2D eigenvalue weighted by atomic mass is 9.78. The number of piperidine rings is 1. The number of aliphatic carboxylic acids is 1. The van der Waals surface area contributed by atoms with E-state index >= 15 is 0 Å². The second kappa shape index (κ2) is 6.66. The number of nitrogens with one attached hydrogen (secondary N) is 1. The number of carbonyl (C=O) groups is 1. The average molecular weight is 294 g/mol. The molecule has 0 aromatic rings. The van der Waals surface area contributed by atoms with E-state index in [0.717, 1.165) is 25.4 Å². The number of rotatable bonds is 5. The molecule has 3 fully saturated rings. The Kier molecular flexibility index (Phi) is 4.85. The zero-order valence-corrected chi connectivity index (χ0v) is 13.3. The molecule has 4 nitrogen and oxygen atoms in total. The van der Waals surface area contributed by atoms with Crippen LogP contribution in [0.3, 0.4) is 0 Å². The van der Waals surface area contributed by atoms with E-state index in [2.05, 4.69) is 17.1 Å². The Morgan fingerprint density at radius 3 is 2.48 bits per heavy atom. The van der Waals surface area contributed by atoms with Crippen LogP contribution in [0, 0.1) is 11.8 Å². The molecule has 2 N–H and O–H groups in total. The predicted octanol–water partition coefficient (Wildman–Crippen LogP) is 2.48. The molecule has 2 saturated carbocycles. The zero-order chi connectivity index (χ0) is 14.8. The Hall–Kier alpha value is -0.610. The van der Waals surface area contributed by atoms with Crippen molar-refractivity contribution in [3.63, 3.8) is 0 Å². The fourth-order valence-corrected chi connectivity index (χ4v) is 4.64. The molecule has 21 heavy (non-hydrogen) atoms. The summed E-state index contributed by atoms with van der Waals surface area (Å²) in [4.78, 5) is 13.7. The summed E-state index contributed by atoms with van der Waals surface area (Å²) in [5.41, 5.74) is 0. The maximum atomic E-state index is 11.1. The van der Waals surface area contributed by atoms with E-state index in [9.17, 15) is 4.79 Å². The largest absolute Gasteiger partial charge is 0.481 e. The van der Waals surface area contributed by atoms with Crippen LogP contribution in [0.1, 0.15) is 58.3 Å². The lowest BCUT2D eigenvalue weighted by molar-refractivity contribution is -0.138. The monoisotopic (exact) mass is 294 g/mol. The van der Waals surface area contributed by atoms with Crippen LogP contribution in [0.25, 0.3) is 0 Å². The molecule has 120 valence electrons. The van der Waals surface area contributed by atoms with Crippen LogP contribution in [0.4, 0.5) is 0 Å². The van der Waals surface area contributed by atoms with E-state index < -0.39 is 5.97 Å². The first-order chi connectivity index (χ1) is 10.1. The molecule has 3 aliphatic rings. The molecule has 0 bridgehead atoms. The first-order valence-corrected chi connectivity index (χ1v) is 8.83. The molecule has 0 spiro atoms. The molecule has 0 amide bonds. The Bertz CT molecular complexity index is 368. The quantitative estimate of drug-likeness (QED) is 0.818. The van der Waals surface area contributed by atoms with Gasteiger partial charge in [-0.05, 0) is 43.9 Å². The second-order valence-electron chi connectivity index (χ2n) is 7.62. The van der Waals surface area contributed by atoms with Crippen molar-refractivity contribution >= 4 is 5.97 Å². The lowest BCUT2D eigenvalue weighted by Gasteiger charge is -2.48. The summed E-state index contributed by atoms with van der Waals surface area (Å²) in [5, 5.41) is 13.0. The van der Waals surface area contributed by atoms with Gasteiger partial charge in [0.1, 0.15) is 0 Å². The van der Waals surface area contributed by atoms with Gasteiger partial charge in [0, 0.05) is 37.6 Å². The van der Waals surface area contributed by atoms with Crippen LogP contribution < -0.4 is 5.32 Å². The first-order valence-electron chi connectivity index (χ1n) is 8.83. The third-order valence-corrected chi connectivity index (χ3v) is 5.90. The second-order valence-corrected chi connectivity index (χ2v) is 7.62. The Labute approximate surface area is 128 Å². The molecule has 0 aromatic carbocycles. The fourth-order valence-electron chi connectivity index (χ4n) is 4.64. The number of likely N-dealkylation sites (tertiary alicyclic amines) is 1. The number of hydrogen-bond acceptors (Lipinski definition) is 3. The minimum Gasteiger partial charge on any atom is -0.481 e. The lowest BCUT2D eigenvalue weighted by Crippen LogP contribution is -2.57. The summed E-state index contributed by atoms with van der Waals surface area (Å²) in [6, 6.07) is 1.88. The van der Waals surface area contributed by atoms with Crippen molar-refractivity contribution in [1.29, 1.82) is 0 Å². The maximum absolute atomic E-state index is 11.1. The highest BCUT2D eigenvalue weighted by atomic mass is 16.4. The SMILES string of the molecule is CC1CCC1N1CC(CC(=O)O)CC(NC2CCCC2)C1. The summed E-state index contributed by atoms with van der Waals surface area (Å²) in [6.07, 6.45) is 9.34. The van der Waals surface area contributed by atoms with Crippen LogP contribution >= 0.6 is 0 Å². The van der Waals surface area contributed by atoms with Gasteiger partial charge < -0.3 is 10.4 Å². The van der Waals surface area contributed by atoms with Crippen molar-refractivity contribution < 1.29 is 9.90 Å².